The summed E-state index contributed by atoms with van der Waals surface area (Å²) in [4.78, 5) is 33.4. The molecule has 1 atom stereocenters. The minimum absolute atomic E-state index is 0.226. The molecule has 3 fully saturated rings. The zero-order valence-corrected chi connectivity index (χ0v) is 19.5. The van der Waals surface area contributed by atoms with Crippen LogP contribution >= 0.6 is 0 Å². The fourth-order valence-electron chi connectivity index (χ4n) is 5.60. The number of likely N-dealkylation sites (tertiary alicyclic amines) is 1. The van der Waals surface area contributed by atoms with Gasteiger partial charge in [0.25, 0.3) is 0 Å². The Labute approximate surface area is 195 Å². The number of rotatable bonds is 4. The molecule has 1 aliphatic carbocycles. The Bertz CT molecular complexity index is 935. The minimum Gasteiger partial charge on any atom is -0.447 e. The van der Waals surface area contributed by atoms with E-state index >= 15 is 0 Å². The van der Waals surface area contributed by atoms with Crippen molar-refractivity contribution in [2.45, 2.75) is 77.0 Å². The van der Waals surface area contributed by atoms with Crippen LogP contribution in [0.5, 0.6) is 0 Å². The molecule has 1 aromatic rings. The first-order valence-electron chi connectivity index (χ1n) is 12.0. The van der Waals surface area contributed by atoms with Crippen molar-refractivity contribution >= 4 is 29.1 Å². The molecule has 8 heteroatoms. The number of carbonyl (C=O) groups is 2. The van der Waals surface area contributed by atoms with Crippen LogP contribution in [0.4, 0.5) is 21.9 Å². The third-order valence-electron chi connectivity index (χ3n) is 7.26. The molecule has 2 saturated heterocycles. The number of aliphatic hydroxyl groups is 1. The number of benzene rings is 1. The molecule has 0 radical (unpaired) electrons. The van der Waals surface area contributed by atoms with Gasteiger partial charge in [-0.25, -0.2) is 9.64 Å². The summed E-state index contributed by atoms with van der Waals surface area (Å²) in [6, 6.07) is 5.55. The Morgan fingerprint density at radius 2 is 2.00 bits per heavy atom. The fraction of sp³-hybridized carbons (Fsp3) is 0.640. The number of hydrogen-bond donors (Lipinski definition) is 2. The van der Waals surface area contributed by atoms with E-state index in [0.29, 0.717) is 17.9 Å². The van der Waals surface area contributed by atoms with Gasteiger partial charge in [-0.1, -0.05) is 0 Å². The average Bonchev–Trinajstić information content (AvgIpc) is 3.09. The van der Waals surface area contributed by atoms with Crippen molar-refractivity contribution in [1.82, 2.24) is 4.90 Å². The number of carbonyl (C=O) groups excluding carboxylic acids is 2. The summed E-state index contributed by atoms with van der Waals surface area (Å²) in [6.07, 6.45) is 4.92. The van der Waals surface area contributed by atoms with Crippen molar-refractivity contribution in [1.29, 1.82) is 0 Å². The van der Waals surface area contributed by atoms with Gasteiger partial charge in [0.1, 0.15) is 0 Å². The molecule has 2 amide bonds. The predicted octanol–water partition coefficient (Wildman–Crippen LogP) is 4.32. The van der Waals surface area contributed by atoms with Crippen molar-refractivity contribution in [2.75, 3.05) is 29.9 Å². The monoisotopic (exact) mass is 454 g/mol. The zero-order chi connectivity index (χ0) is 23.6. The maximum absolute atomic E-state index is 13.6. The van der Waals surface area contributed by atoms with E-state index in [2.05, 4.69) is 20.0 Å². The highest BCUT2D eigenvalue weighted by Crippen LogP contribution is 2.45. The molecule has 2 aliphatic heterocycles. The molecule has 3 aliphatic rings. The van der Waals surface area contributed by atoms with Crippen LogP contribution in [-0.2, 0) is 9.53 Å². The van der Waals surface area contributed by atoms with Gasteiger partial charge in [0.15, 0.2) is 0 Å². The first kappa shape index (κ1) is 23.4. The van der Waals surface area contributed by atoms with Crippen LogP contribution in [0.3, 0.4) is 0 Å². The van der Waals surface area contributed by atoms with E-state index < -0.39 is 11.5 Å². The van der Waals surface area contributed by atoms with Crippen LogP contribution in [0.1, 0.15) is 58.8 Å². The van der Waals surface area contributed by atoms with E-state index in [-0.39, 0.29) is 24.2 Å². The number of ether oxygens (including phenoxy) is 1. The lowest BCUT2D eigenvalue weighted by atomic mass is 9.78. The second kappa shape index (κ2) is 9.60. The van der Waals surface area contributed by atoms with E-state index in [1.807, 2.05) is 6.07 Å². The molecule has 0 unspecified atom stereocenters. The lowest BCUT2D eigenvalue weighted by Crippen LogP contribution is -2.50. The Hall–Kier alpha value is -2.79. The molecule has 1 aromatic carbocycles. The fourth-order valence-corrected chi connectivity index (χ4v) is 5.60. The highest BCUT2D eigenvalue weighted by atomic mass is 16.6. The number of piperidine rings is 1. The predicted molar refractivity (Wildman–Crippen MR) is 126 cm³/mol. The van der Waals surface area contributed by atoms with Gasteiger partial charge in [-0.05, 0) is 77.0 Å². The second-order valence-electron chi connectivity index (χ2n) is 9.91. The van der Waals surface area contributed by atoms with Gasteiger partial charge < -0.3 is 19.6 Å². The molecular formula is C25H34N4O4. The van der Waals surface area contributed by atoms with Gasteiger partial charge in [0.05, 0.1) is 24.2 Å². The van der Waals surface area contributed by atoms with Gasteiger partial charge in [0, 0.05) is 37.1 Å². The molecule has 1 saturated carbocycles. The standard InChI is InChI=1S/C25H34N4O4/c1-17(2)33-24(32)27-18-5-10-22(21(15-18)26-3)28-13-4-11-25(16-28)12-14-29(23(25)31)19-6-8-20(30)9-7-19/h5,10,15,17,19-20,30H,4,6-9,11-14,16H2,1-2H3,(H,27,32)/t19-,20-,25-/m0/s1. The Balaban J connectivity index is 1.47. The number of nitrogens with zero attached hydrogens (tertiary/aromatic N) is 3. The van der Waals surface area contributed by atoms with E-state index in [1.165, 1.54) is 0 Å². The minimum atomic E-state index is -0.544. The Morgan fingerprint density at radius 1 is 1.24 bits per heavy atom. The highest BCUT2D eigenvalue weighted by Gasteiger charge is 2.50. The number of nitrogens with one attached hydrogen (secondary N) is 1. The third-order valence-corrected chi connectivity index (χ3v) is 7.26. The maximum Gasteiger partial charge on any atom is 0.411 e. The van der Waals surface area contributed by atoms with Gasteiger partial charge >= 0.3 is 6.09 Å². The smallest absolute Gasteiger partial charge is 0.411 e. The van der Waals surface area contributed by atoms with E-state index in [1.54, 1.807) is 26.0 Å². The van der Waals surface area contributed by atoms with Crippen molar-refractivity contribution in [3.05, 3.63) is 29.6 Å². The average molecular weight is 455 g/mol. The van der Waals surface area contributed by atoms with Gasteiger partial charge in [-0.15, -0.1) is 0 Å². The van der Waals surface area contributed by atoms with Crippen LogP contribution < -0.4 is 10.2 Å². The molecule has 0 aromatic heterocycles. The van der Waals surface area contributed by atoms with Crippen molar-refractivity contribution in [3.63, 3.8) is 0 Å². The number of anilines is 2. The molecule has 2 heterocycles. The Morgan fingerprint density at radius 3 is 2.70 bits per heavy atom. The zero-order valence-electron chi connectivity index (χ0n) is 19.5. The van der Waals surface area contributed by atoms with Crippen LogP contribution in [0.15, 0.2) is 18.2 Å². The second-order valence-corrected chi connectivity index (χ2v) is 9.91. The Kier molecular flexibility index (Phi) is 6.80. The molecule has 4 rings (SSSR count). The lowest BCUT2D eigenvalue weighted by Gasteiger charge is -2.42. The number of hydrogen-bond acceptors (Lipinski definition) is 5. The van der Waals surface area contributed by atoms with Crippen LogP contribution in [0.2, 0.25) is 0 Å². The van der Waals surface area contributed by atoms with Crippen molar-refractivity contribution in [3.8, 4) is 0 Å². The first-order valence-corrected chi connectivity index (χ1v) is 12.0. The lowest BCUT2D eigenvalue weighted by molar-refractivity contribution is -0.139. The van der Waals surface area contributed by atoms with Crippen molar-refractivity contribution in [2.24, 2.45) is 5.41 Å². The molecule has 33 heavy (non-hydrogen) atoms. The summed E-state index contributed by atoms with van der Waals surface area (Å²) in [5.74, 6) is 0.243. The number of aliphatic hydroxyl groups excluding tert-OH is 1. The summed E-state index contributed by atoms with van der Waals surface area (Å²) >= 11 is 0. The molecule has 178 valence electrons. The molecule has 0 bridgehead atoms. The maximum atomic E-state index is 13.6. The van der Waals surface area contributed by atoms with Crippen LogP contribution in [0, 0.1) is 12.0 Å². The van der Waals surface area contributed by atoms with Gasteiger partial charge in [-0.2, -0.15) is 0 Å². The summed E-state index contributed by atoms with van der Waals surface area (Å²) < 4.78 is 5.12. The first-order chi connectivity index (χ1) is 15.8. The van der Waals surface area contributed by atoms with E-state index in [0.717, 1.165) is 63.7 Å². The van der Waals surface area contributed by atoms with Crippen LogP contribution in [-0.4, -0.2) is 59.9 Å². The van der Waals surface area contributed by atoms with Gasteiger partial charge in [-0.3, -0.25) is 10.1 Å². The molecule has 8 nitrogen and oxygen atoms in total. The normalized spacial score (nSPS) is 27.7. The summed E-state index contributed by atoms with van der Waals surface area (Å²) in [6.45, 7) is 13.4. The summed E-state index contributed by atoms with van der Waals surface area (Å²) in [5.41, 5.74) is 1.38. The summed E-state index contributed by atoms with van der Waals surface area (Å²) in [7, 11) is 0. The molecule has 1 spiro atoms. The molecule has 2 N–H and O–H groups in total. The quantitative estimate of drug-likeness (QED) is 0.662. The van der Waals surface area contributed by atoms with Crippen molar-refractivity contribution < 1.29 is 19.4 Å². The summed E-state index contributed by atoms with van der Waals surface area (Å²) in [5, 5.41) is 12.5. The van der Waals surface area contributed by atoms with E-state index in [4.69, 9.17) is 11.3 Å². The van der Waals surface area contributed by atoms with Gasteiger partial charge in [0.2, 0.25) is 11.6 Å². The SMILES string of the molecule is [C-]#[N+]c1cc(NC(=O)OC(C)C)ccc1N1CCC[C@]2(CCN([C@H]3CC[C@H](O)CC3)C2=O)C1. The largest absolute Gasteiger partial charge is 0.447 e. The topological polar surface area (TPSA) is 86.5 Å². The van der Waals surface area contributed by atoms with Crippen LogP contribution in [0.25, 0.3) is 4.85 Å². The highest BCUT2D eigenvalue weighted by molar-refractivity contribution is 5.89. The third kappa shape index (κ3) is 4.93. The number of amides is 2. The van der Waals surface area contributed by atoms with E-state index in [9.17, 15) is 14.7 Å². The molecular weight excluding hydrogens is 420 g/mol.